The van der Waals surface area contributed by atoms with Gasteiger partial charge in [-0.15, -0.1) is 0 Å². The van der Waals surface area contributed by atoms with E-state index in [-0.39, 0.29) is 19.3 Å². The van der Waals surface area contributed by atoms with E-state index < -0.39 is 91.5 Å². The van der Waals surface area contributed by atoms with E-state index in [9.17, 15) is 43.5 Å². The standard InChI is InChI=1S/C95H154O16P2/c1-4-7-10-13-16-19-22-25-28-31-34-37-40-43-44-47-49-51-54-57-60-63-66-69-72-75-78-81-93(98)105-84-90(96)85-107-112(101,102)108-86-91(97)87-109-113(103,104)110-89-92(111-95(100)83-80-77-74-71-68-65-62-59-56-53-50-46-42-39-36-33-30-27-24-21-18-15-12-9-6-3)88-106-94(99)82-79-76-73-70-67-64-61-58-55-52-48-45-41-38-35-32-29-26-23-20-17-14-11-8-5-2/h7-12,16-21,25-30,34-39,43-46,48-51,55,58,90-92,96-97H,4-6,13-15,22-24,31-33,40-42,47,52-54,56-57,59-89H2,1-3H3,(H,101,102)(H,103,104)/b10-7-,11-8-,12-9-,19-16-,20-17-,21-18-,28-25-,29-26-,30-27-,37-34-,38-35-,39-36-,44-43-,48-45-,50-46-,51-49-,58-55-. The zero-order valence-corrected chi connectivity index (χ0v) is 72.0. The van der Waals surface area contributed by atoms with Gasteiger partial charge in [0.25, 0.3) is 0 Å². The summed E-state index contributed by atoms with van der Waals surface area (Å²) in [5, 5.41) is 20.7. The van der Waals surface area contributed by atoms with Gasteiger partial charge in [0.15, 0.2) is 6.10 Å². The summed E-state index contributed by atoms with van der Waals surface area (Å²) in [6, 6.07) is 0. The van der Waals surface area contributed by atoms with Crippen LogP contribution in [-0.4, -0.2) is 95.9 Å². The lowest BCUT2D eigenvalue weighted by atomic mass is 10.1. The Labute approximate surface area is 686 Å². The molecule has 18 heteroatoms. The van der Waals surface area contributed by atoms with Gasteiger partial charge in [-0.25, -0.2) is 9.13 Å². The van der Waals surface area contributed by atoms with E-state index in [2.05, 4.69) is 227 Å². The minimum absolute atomic E-state index is 0.0846. The molecule has 4 N–H and O–H groups in total. The summed E-state index contributed by atoms with van der Waals surface area (Å²) in [5.41, 5.74) is 0. The highest BCUT2D eigenvalue weighted by Gasteiger charge is 2.29. The van der Waals surface area contributed by atoms with Crippen molar-refractivity contribution in [2.45, 2.75) is 334 Å². The molecular weight excluding hydrogens is 1460 g/mol. The van der Waals surface area contributed by atoms with Crippen LogP contribution in [0.2, 0.25) is 0 Å². The zero-order valence-electron chi connectivity index (χ0n) is 70.2. The van der Waals surface area contributed by atoms with Crippen molar-refractivity contribution in [3.63, 3.8) is 0 Å². The van der Waals surface area contributed by atoms with E-state index >= 15 is 0 Å². The van der Waals surface area contributed by atoms with Crippen molar-refractivity contribution >= 4 is 33.6 Å². The van der Waals surface area contributed by atoms with Crippen LogP contribution in [0.3, 0.4) is 0 Å². The Balaban J connectivity index is 4.74. The first-order valence-electron chi connectivity index (χ1n) is 43.4. The molecule has 0 aromatic heterocycles. The van der Waals surface area contributed by atoms with Crippen molar-refractivity contribution in [2.75, 3.05) is 39.6 Å². The van der Waals surface area contributed by atoms with Gasteiger partial charge in [-0.3, -0.25) is 32.5 Å². The highest BCUT2D eigenvalue weighted by molar-refractivity contribution is 7.47. The van der Waals surface area contributed by atoms with Crippen LogP contribution in [0.5, 0.6) is 0 Å². The molecule has 16 nitrogen and oxygen atoms in total. The number of carbonyl (C=O) groups excluding carboxylic acids is 3. The fourth-order valence-electron chi connectivity index (χ4n) is 11.0. The lowest BCUT2D eigenvalue weighted by molar-refractivity contribution is -0.161. The maximum absolute atomic E-state index is 13.1. The molecule has 0 aromatic rings. The van der Waals surface area contributed by atoms with Crippen LogP contribution in [0, 0.1) is 0 Å². The molecule has 0 bridgehead atoms. The Bertz CT molecular complexity index is 2880. The zero-order chi connectivity index (χ0) is 82.2. The topological polar surface area (TPSA) is 231 Å². The maximum atomic E-state index is 13.1. The number of aliphatic hydroxyl groups excluding tert-OH is 2. The molecule has 0 saturated carbocycles. The summed E-state index contributed by atoms with van der Waals surface area (Å²) in [4.78, 5) is 58.9. The van der Waals surface area contributed by atoms with Crippen LogP contribution in [-0.2, 0) is 55.8 Å². The van der Waals surface area contributed by atoms with E-state index in [1.807, 2.05) is 0 Å². The fourth-order valence-corrected chi connectivity index (χ4v) is 12.6. The first-order valence-corrected chi connectivity index (χ1v) is 46.4. The van der Waals surface area contributed by atoms with E-state index in [4.69, 9.17) is 32.3 Å². The van der Waals surface area contributed by atoms with E-state index in [1.54, 1.807) is 0 Å². The summed E-state index contributed by atoms with van der Waals surface area (Å²) < 4.78 is 61.4. The molecule has 0 aliphatic rings. The second kappa shape index (κ2) is 85.5. The summed E-state index contributed by atoms with van der Waals surface area (Å²) >= 11 is 0. The molecule has 113 heavy (non-hydrogen) atoms. The average molecular weight is 1610 g/mol. The molecule has 0 amide bonds. The number of carbonyl (C=O) groups is 3. The van der Waals surface area contributed by atoms with Crippen molar-refractivity contribution in [3.05, 3.63) is 207 Å². The first-order chi connectivity index (χ1) is 55.2. The number of phosphoric acid groups is 2. The van der Waals surface area contributed by atoms with Crippen molar-refractivity contribution in [1.82, 2.24) is 0 Å². The van der Waals surface area contributed by atoms with Gasteiger partial charge in [-0.1, -0.05) is 337 Å². The molecular formula is C95H154O16P2. The predicted molar refractivity (Wildman–Crippen MR) is 472 cm³/mol. The quantitative estimate of drug-likeness (QED) is 0.0146. The second-order valence-corrected chi connectivity index (χ2v) is 31.1. The molecule has 5 unspecified atom stereocenters. The molecule has 0 aromatic carbocycles. The number of allylic oxidation sites excluding steroid dienone is 34. The Hall–Kier alpha value is -5.87. The fraction of sp³-hybridized carbons (Fsp3) is 0.611. The van der Waals surface area contributed by atoms with Crippen LogP contribution >= 0.6 is 15.6 Å². The van der Waals surface area contributed by atoms with E-state index in [0.717, 1.165) is 218 Å². The summed E-state index contributed by atoms with van der Waals surface area (Å²) in [5.74, 6) is -1.61. The van der Waals surface area contributed by atoms with E-state index in [0.29, 0.717) is 19.3 Å². The van der Waals surface area contributed by atoms with Crippen LogP contribution in [0.4, 0.5) is 0 Å². The van der Waals surface area contributed by atoms with Crippen molar-refractivity contribution in [1.29, 1.82) is 0 Å². The minimum Gasteiger partial charge on any atom is -0.463 e. The number of phosphoric ester groups is 2. The molecule has 0 heterocycles. The maximum Gasteiger partial charge on any atom is 0.472 e. The highest BCUT2D eigenvalue weighted by Crippen LogP contribution is 2.45. The largest absolute Gasteiger partial charge is 0.472 e. The number of aliphatic hydroxyl groups is 2. The SMILES string of the molecule is CC/C=C\C/C=C\C/C=C\C/C=C\C/C=C\C/C=C\CCCCCCCCCCC(=O)OCC(O)COP(=O)(O)OCC(O)COP(=O)(O)OCC(COC(=O)CCCCCCCC/C=C\C/C=C\C/C=C\C/C=C\C/C=C\C/C=C\CC)OC(=O)CCCCCCCCCCC/C=C\C/C=C\C/C=C\C/C=C\C/C=C\CC. The van der Waals surface area contributed by atoms with Crippen molar-refractivity contribution in [3.8, 4) is 0 Å². The Morgan fingerprint density at radius 3 is 0.699 bits per heavy atom. The molecule has 0 aliphatic heterocycles. The molecule has 0 radical (unpaired) electrons. The third kappa shape index (κ3) is 86.8. The van der Waals surface area contributed by atoms with Gasteiger partial charge < -0.3 is 34.2 Å². The van der Waals surface area contributed by atoms with Gasteiger partial charge in [0.05, 0.1) is 26.4 Å². The van der Waals surface area contributed by atoms with Crippen molar-refractivity contribution in [2.24, 2.45) is 0 Å². The van der Waals surface area contributed by atoms with E-state index in [1.165, 1.54) is 38.5 Å². The monoisotopic (exact) mass is 1610 g/mol. The normalized spacial score (nSPS) is 14.9. The molecule has 5 atom stereocenters. The smallest absolute Gasteiger partial charge is 0.463 e. The van der Waals surface area contributed by atoms with Gasteiger partial charge in [-0.2, -0.15) is 0 Å². The number of hydrogen-bond acceptors (Lipinski definition) is 14. The number of hydrogen-bond donors (Lipinski definition) is 4. The van der Waals surface area contributed by atoms with Gasteiger partial charge in [0.2, 0.25) is 0 Å². The third-order valence-corrected chi connectivity index (χ3v) is 19.4. The minimum atomic E-state index is -4.95. The lowest BCUT2D eigenvalue weighted by Gasteiger charge is -2.21. The first kappa shape index (κ1) is 107. The molecule has 0 saturated heterocycles. The van der Waals surface area contributed by atoms with Crippen LogP contribution in [0.15, 0.2) is 207 Å². The molecule has 0 spiro atoms. The Kier molecular flexibility index (Phi) is 81.1. The highest BCUT2D eigenvalue weighted by atomic mass is 31.2. The molecule has 0 rings (SSSR count). The van der Waals surface area contributed by atoms with Crippen LogP contribution < -0.4 is 0 Å². The van der Waals surface area contributed by atoms with Gasteiger partial charge >= 0.3 is 33.6 Å². The molecule has 640 valence electrons. The van der Waals surface area contributed by atoms with Crippen LogP contribution in [0.25, 0.3) is 0 Å². The van der Waals surface area contributed by atoms with Gasteiger partial charge in [0.1, 0.15) is 25.4 Å². The number of rotatable bonds is 80. The Morgan fingerprint density at radius 2 is 0.442 bits per heavy atom. The Morgan fingerprint density at radius 1 is 0.248 bits per heavy atom. The molecule has 0 fully saturated rings. The van der Waals surface area contributed by atoms with Gasteiger partial charge in [-0.05, 0) is 167 Å². The van der Waals surface area contributed by atoms with Crippen molar-refractivity contribution < 1.29 is 75.8 Å². The number of esters is 3. The second-order valence-electron chi connectivity index (χ2n) is 28.2. The summed E-state index contributed by atoms with van der Waals surface area (Å²) in [6.45, 7) is 2.31. The third-order valence-electron chi connectivity index (χ3n) is 17.5. The summed E-state index contributed by atoms with van der Waals surface area (Å²) in [6.07, 6.45) is 114. The number of ether oxygens (including phenoxy) is 3. The average Bonchev–Trinajstić information content (AvgIpc) is 0.897. The number of unbranched alkanes of at least 4 members (excludes halogenated alkanes) is 23. The van der Waals surface area contributed by atoms with Crippen LogP contribution in [0.1, 0.15) is 316 Å². The predicted octanol–water partition coefficient (Wildman–Crippen LogP) is 26.4. The lowest BCUT2D eigenvalue weighted by Crippen LogP contribution is -2.30. The summed E-state index contributed by atoms with van der Waals surface area (Å²) in [7, 11) is -9.83. The van der Waals surface area contributed by atoms with Gasteiger partial charge in [0, 0.05) is 19.3 Å². The molecule has 0 aliphatic carbocycles.